The molecule has 3 aliphatic carbocycles. The van der Waals surface area contributed by atoms with Gasteiger partial charge in [0.25, 0.3) is 0 Å². The zero-order chi connectivity index (χ0) is 22.9. The molecule has 32 heavy (non-hydrogen) atoms. The van der Waals surface area contributed by atoms with Crippen molar-refractivity contribution in [3.8, 4) is 0 Å². The molecule has 172 valence electrons. The van der Waals surface area contributed by atoms with Crippen molar-refractivity contribution < 1.29 is 18.3 Å². The maximum absolute atomic E-state index is 13.4. The number of carboxylic acids is 1. The van der Waals surface area contributed by atoms with E-state index in [1.165, 1.54) is 0 Å². The lowest BCUT2D eigenvalue weighted by Crippen LogP contribution is -2.63. The van der Waals surface area contributed by atoms with Gasteiger partial charge in [0.1, 0.15) is 0 Å². The van der Waals surface area contributed by atoms with E-state index in [0.29, 0.717) is 23.2 Å². The zero-order valence-corrected chi connectivity index (χ0v) is 19.6. The molecule has 2 aromatic carbocycles. The number of rotatable bonds is 9. The van der Waals surface area contributed by atoms with Gasteiger partial charge in [-0.1, -0.05) is 56.3 Å². The molecule has 0 heterocycles. The van der Waals surface area contributed by atoms with Crippen LogP contribution in [-0.2, 0) is 14.8 Å². The van der Waals surface area contributed by atoms with Crippen LogP contribution in [0.2, 0.25) is 0 Å². The fraction of sp³-hybridized carbons (Fsp3) is 0.500. The first-order valence-electron chi connectivity index (χ1n) is 11.6. The number of benzene rings is 2. The van der Waals surface area contributed by atoms with E-state index in [2.05, 4.69) is 24.6 Å². The average Bonchev–Trinajstić information content (AvgIpc) is 2.75. The van der Waals surface area contributed by atoms with Gasteiger partial charge in [-0.3, -0.25) is 4.79 Å². The second kappa shape index (κ2) is 8.99. The number of sulfonamides is 1. The first-order chi connectivity index (χ1) is 15.2. The third kappa shape index (κ3) is 4.62. The molecule has 0 aromatic heterocycles. The first-order valence-corrected chi connectivity index (χ1v) is 13.0. The highest BCUT2D eigenvalue weighted by molar-refractivity contribution is 7.89. The Kier molecular flexibility index (Phi) is 6.46. The van der Waals surface area contributed by atoms with E-state index < -0.39 is 16.0 Å². The standard InChI is InChI=1S/C26H33NO4S/c1-26(2)21-15-20(11-5-3-4-6-12-24(28)29)25(23(26)17-21)27-32(30,31)22-14-13-18-9-7-8-10-19(18)16-22/h3,5,7-10,13-14,16,20-21,23,25,27H,4,6,11-12,15,17H2,1-2H3,(H,28,29)/b5-3+. The van der Waals surface area contributed by atoms with Gasteiger partial charge in [-0.15, -0.1) is 0 Å². The molecule has 0 spiro atoms. The lowest BCUT2D eigenvalue weighted by molar-refractivity contribution is -0.137. The summed E-state index contributed by atoms with van der Waals surface area (Å²) in [4.78, 5) is 11.0. The second-order valence-corrected chi connectivity index (χ2v) is 11.7. The molecule has 2 aromatic rings. The van der Waals surface area contributed by atoms with Gasteiger partial charge in [-0.2, -0.15) is 0 Å². The lowest BCUT2D eigenvalue weighted by Gasteiger charge is -2.62. The van der Waals surface area contributed by atoms with E-state index in [1.807, 2.05) is 36.4 Å². The van der Waals surface area contributed by atoms with Gasteiger partial charge in [-0.25, -0.2) is 13.1 Å². The van der Waals surface area contributed by atoms with Gasteiger partial charge in [0.2, 0.25) is 10.0 Å². The highest BCUT2D eigenvalue weighted by Gasteiger charge is 2.58. The average molecular weight is 456 g/mol. The van der Waals surface area contributed by atoms with E-state index in [-0.39, 0.29) is 23.8 Å². The van der Waals surface area contributed by atoms with Gasteiger partial charge in [0, 0.05) is 12.5 Å². The predicted molar refractivity (Wildman–Crippen MR) is 127 cm³/mol. The SMILES string of the molecule is CC1(C)C2CC(C/C=C/CCCC(=O)O)C(NS(=O)(=O)c3ccc4ccccc4c3)C1C2. The molecule has 0 saturated heterocycles. The van der Waals surface area contributed by atoms with Crippen LogP contribution in [-0.4, -0.2) is 25.5 Å². The zero-order valence-electron chi connectivity index (χ0n) is 18.8. The molecule has 2 N–H and O–H groups in total. The number of aliphatic carboxylic acids is 1. The fourth-order valence-electron chi connectivity index (χ4n) is 5.67. The molecule has 4 unspecified atom stereocenters. The maximum Gasteiger partial charge on any atom is 0.303 e. The Hall–Kier alpha value is -2.18. The van der Waals surface area contributed by atoms with E-state index >= 15 is 0 Å². The summed E-state index contributed by atoms with van der Waals surface area (Å²) < 4.78 is 29.8. The number of carbonyl (C=O) groups is 1. The normalized spacial score (nSPS) is 26.8. The third-order valence-electron chi connectivity index (χ3n) is 7.76. The van der Waals surface area contributed by atoms with Gasteiger partial charge >= 0.3 is 5.97 Å². The number of hydrogen-bond donors (Lipinski definition) is 2. The van der Waals surface area contributed by atoms with Gasteiger partial charge < -0.3 is 5.11 Å². The van der Waals surface area contributed by atoms with E-state index in [4.69, 9.17) is 5.11 Å². The molecular formula is C26H33NO4S. The maximum atomic E-state index is 13.4. The smallest absolute Gasteiger partial charge is 0.303 e. The van der Waals surface area contributed by atoms with Crippen molar-refractivity contribution in [1.82, 2.24) is 4.72 Å². The number of fused-ring (bicyclic) bond motifs is 3. The minimum Gasteiger partial charge on any atom is -0.481 e. The quantitative estimate of drug-likeness (QED) is 0.393. The summed E-state index contributed by atoms with van der Waals surface area (Å²) in [6.07, 6.45) is 8.63. The molecule has 6 heteroatoms. The summed E-state index contributed by atoms with van der Waals surface area (Å²) in [5.74, 6) is 0.468. The fourth-order valence-corrected chi connectivity index (χ4v) is 7.05. The van der Waals surface area contributed by atoms with E-state index in [0.717, 1.165) is 36.5 Å². The summed E-state index contributed by atoms with van der Waals surface area (Å²) in [5.41, 5.74) is 0.151. The Labute approximate surface area is 191 Å². The molecule has 3 fully saturated rings. The van der Waals surface area contributed by atoms with Crippen molar-refractivity contribution in [2.75, 3.05) is 0 Å². The van der Waals surface area contributed by atoms with Gasteiger partial charge in [0.15, 0.2) is 0 Å². The van der Waals surface area contributed by atoms with Crippen molar-refractivity contribution >= 4 is 26.8 Å². The molecule has 2 bridgehead atoms. The highest BCUT2D eigenvalue weighted by Crippen LogP contribution is 2.61. The Morgan fingerprint density at radius 2 is 1.88 bits per heavy atom. The van der Waals surface area contributed by atoms with E-state index in [9.17, 15) is 13.2 Å². The van der Waals surface area contributed by atoms with Crippen molar-refractivity contribution in [2.24, 2.45) is 23.2 Å². The van der Waals surface area contributed by atoms with Crippen LogP contribution in [0, 0.1) is 23.2 Å². The summed E-state index contributed by atoms with van der Waals surface area (Å²) in [5, 5.41) is 10.7. The Morgan fingerprint density at radius 1 is 1.12 bits per heavy atom. The first kappa shape index (κ1) is 23.0. The van der Waals surface area contributed by atoms with Crippen LogP contribution < -0.4 is 4.72 Å². The number of allylic oxidation sites excluding steroid dienone is 2. The molecule has 4 atom stereocenters. The van der Waals surface area contributed by atoms with Crippen molar-refractivity contribution in [3.05, 3.63) is 54.6 Å². The molecular weight excluding hydrogens is 422 g/mol. The molecule has 3 aliphatic rings. The number of unbranched alkanes of at least 4 members (excludes halogenated alkanes) is 1. The van der Waals surface area contributed by atoms with E-state index in [1.54, 1.807) is 12.1 Å². The summed E-state index contributed by atoms with van der Waals surface area (Å²) >= 11 is 0. The molecule has 0 aliphatic heterocycles. The molecule has 3 saturated carbocycles. The largest absolute Gasteiger partial charge is 0.481 e. The molecule has 5 nitrogen and oxygen atoms in total. The third-order valence-corrected chi connectivity index (χ3v) is 9.22. The van der Waals surface area contributed by atoms with Crippen LogP contribution in [0.1, 0.15) is 52.4 Å². The minimum absolute atomic E-state index is 0.0878. The summed E-state index contributed by atoms with van der Waals surface area (Å²) in [6, 6.07) is 13.0. The van der Waals surface area contributed by atoms with Gasteiger partial charge in [-0.05, 0) is 78.2 Å². The minimum atomic E-state index is -3.63. The Bertz CT molecular complexity index is 1120. The van der Waals surface area contributed by atoms with Crippen LogP contribution in [0.4, 0.5) is 0 Å². The van der Waals surface area contributed by atoms with Crippen molar-refractivity contribution in [3.63, 3.8) is 0 Å². The highest BCUT2D eigenvalue weighted by atomic mass is 32.2. The topological polar surface area (TPSA) is 83.5 Å². The van der Waals surface area contributed by atoms with Crippen molar-refractivity contribution in [2.45, 2.75) is 63.3 Å². The number of hydrogen-bond acceptors (Lipinski definition) is 3. The van der Waals surface area contributed by atoms with Crippen molar-refractivity contribution in [1.29, 1.82) is 0 Å². The molecule has 0 radical (unpaired) electrons. The second-order valence-electron chi connectivity index (χ2n) is 10.0. The van der Waals surface area contributed by atoms with Gasteiger partial charge in [0.05, 0.1) is 4.90 Å². The van der Waals surface area contributed by atoms with Crippen LogP contribution in [0.15, 0.2) is 59.5 Å². The van der Waals surface area contributed by atoms with Crippen LogP contribution in [0.25, 0.3) is 10.8 Å². The number of nitrogens with one attached hydrogen (secondary N) is 1. The van der Waals surface area contributed by atoms with Crippen LogP contribution in [0.3, 0.4) is 0 Å². The van der Waals surface area contributed by atoms with Crippen LogP contribution >= 0.6 is 0 Å². The predicted octanol–water partition coefficient (Wildman–Crippen LogP) is 5.37. The Balaban J connectivity index is 1.49. The summed E-state index contributed by atoms with van der Waals surface area (Å²) in [7, 11) is -3.63. The summed E-state index contributed by atoms with van der Waals surface area (Å²) in [6.45, 7) is 4.53. The molecule has 5 rings (SSSR count). The van der Waals surface area contributed by atoms with Crippen LogP contribution in [0.5, 0.6) is 0 Å². The Morgan fingerprint density at radius 3 is 2.59 bits per heavy atom. The molecule has 0 amide bonds. The lowest BCUT2D eigenvalue weighted by atomic mass is 9.45. The number of carboxylic acid groups (broad SMARTS) is 1. The monoisotopic (exact) mass is 455 g/mol.